The first kappa shape index (κ1) is 11.4. The second-order valence-corrected chi connectivity index (χ2v) is 5.30. The van der Waals surface area contributed by atoms with Crippen LogP contribution in [0, 0.1) is 5.92 Å². The summed E-state index contributed by atoms with van der Waals surface area (Å²) in [4.78, 5) is 14.7. The fraction of sp³-hybridized carbons (Fsp3) is 0.636. The molecule has 0 spiro atoms. The Morgan fingerprint density at radius 1 is 1.75 bits per heavy atom. The standard InChI is InChI=1S/C11H16N2O2S/c1-7(4-8-2-3-8)12-11-13-9(6-16-11)5-10(14)15/h6-8H,2-5H2,1H3,(H,12,13)(H,14,15). The van der Waals surface area contributed by atoms with Crippen molar-refractivity contribution in [3.63, 3.8) is 0 Å². The number of thiazole rings is 1. The lowest BCUT2D eigenvalue weighted by molar-refractivity contribution is -0.136. The molecule has 1 unspecified atom stereocenters. The van der Waals surface area contributed by atoms with E-state index in [0.29, 0.717) is 11.7 Å². The summed E-state index contributed by atoms with van der Waals surface area (Å²) in [6.45, 7) is 2.15. The van der Waals surface area contributed by atoms with Crippen molar-refractivity contribution in [3.05, 3.63) is 11.1 Å². The fourth-order valence-electron chi connectivity index (χ4n) is 1.73. The lowest BCUT2D eigenvalue weighted by Crippen LogP contribution is -2.15. The topological polar surface area (TPSA) is 62.2 Å². The number of carbonyl (C=O) groups is 1. The van der Waals surface area contributed by atoms with Crippen LogP contribution in [0.15, 0.2) is 5.38 Å². The van der Waals surface area contributed by atoms with Crippen LogP contribution in [0.1, 0.15) is 31.9 Å². The molecule has 0 aliphatic heterocycles. The molecule has 1 atom stereocenters. The lowest BCUT2D eigenvalue weighted by Gasteiger charge is -2.11. The van der Waals surface area contributed by atoms with Crippen molar-refractivity contribution < 1.29 is 9.90 Å². The van der Waals surface area contributed by atoms with Crippen LogP contribution in [-0.2, 0) is 11.2 Å². The molecule has 5 heteroatoms. The third-order valence-electron chi connectivity index (χ3n) is 2.64. The number of carboxylic acids is 1. The molecule has 1 aliphatic carbocycles. The predicted molar refractivity (Wildman–Crippen MR) is 63.9 cm³/mol. The van der Waals surface area contributed by atoms with E-state index in [1.165, 1.54) is 30.6 Å². The number of hydrogen-bond acceptors (Lipinski definition) is 4. The average molecular weight is 240 g/mol. The molecule has 0 bridgehead atoms. The number of carboxylic acid groups (broad SMARTS) is 1. The van der Waals surface area contributed by atoms with Gasteiger partial charge in [-0.05, 0) is 19.3 Å². The Bertz CT molecular complexity index is 374. The summed E-state index contributed by atoms with van der Waals surface area (Å²) in [7, 11) is 0. The van der Waals surface area contributed by atoms with Gasteiger partial charge in [-0.1, -0.05) is 12.8 Å². The van der Waals surface area contributed by atoms with Crippen LogP contribution in [0.5, 0.6) is 0 Å². The number of anilines is 1. The summed E-state index contributed by atoms with van der Waals surface area (Å²) in [5.41, 5.74) is 0.638. The molecule has 0 saturated heterocycles. The van der Waals surface area contributed by atoms with Gasteiger partial charge < -0.3 is 10.4 Å². The maximum absolute atomic E-state index is 10.5. The smallest absolute Gasteiger partial charge is 0.309 e. The summed E-state index contributed by atoms with van der Waals surface area (Å²) >= 11 is 1.48. The minimum Gasteiger partial charge on any atom is -0.481 e. The number of nitrogens with zero attached hydrogens (tertiary/aromatic N) is 1. The number of aromatic nitrogens is 1. The largest absolute Gasteiger partial charge is 0.481 e. The zero-order valence-electron chi connectivity index (χ0n) is 9.27. The Morgan fingerprint density at radius 3 is 3.12 bits per heavy atom. The lowest BCUT2D eigenvalue weighted by atomic mass is 10.2. The van der Waals surface area contributed by atoms with E-state index in [9.17, 15) is 4.79 Å². The van der Waals surface area contributed by atoms with Crippen molar-refractivity contribution >= 4 is 22.4 Å². The highest BCUT2D eigenvalue weighted by atomic mass is 32.1. The van der Waals surface area contributed by atoms with Crippen LogP contribution in [0.2, 0.25) is 0 Å². The predicted octanol–water partition coefficient (Wildman–Crippen LogP) is 2.37. The molecule has 1 saturated carbocycles. The summed E-state index contributed by atoms with van der Waals surface area (Å²) in [5.74, 6) is 0.0591. The van der Waals surface area contributed by atoms with Crippen molar-refractivity contribution in [1.82, 2.24) is 4.98 Å². The Labute approximate surface area is 98.7 Å². The minimum atomic E-state index is -0.831. The second-order valence-electron chi connectivity index (χ2n) is 4.44. The van der Waals surface area contributed by atoms with Gasteiger partial charge in [0.2, 0.25) is 0 Å². The van der Waals surface area contributed by atoms with E-state index < -0.39 is 5.97 Å². The first-order valence-electron chi connectivity index (χ1n) is 5.56. The monoisotopic (exact) mass is 240 g/mol. The van der Waals surface area contributed by atoms with Crippen LogP contribution in [0.3, 0.4) is 0 Å². The van der Waals surface area contributed by atoms with E-state index in [4.69, 9.17) is 5.11 Å². The van der Waals surface area contributed by atoms with Gasteiger partial charge in [-0.3, -0.25) is 4.79 Å². The second kappa shape index (κ2) is 4.82. The SMILES string of the molecule is CC(CC1CC1)Nc1nc(CC(=O)O)cs1. The Balaban J connectivity index is 1.83. The number of nitrogens with one attached hydrogen (secondary N) is 1. The van der Waals surface area contributed by atoms with E-state index in [1.54, 1.807) is 5.38 Å². The van der Waals surface area contributed by atoms with Crippen LogP contribution in [-0.4, -0.2) is 22.1 Å². The van der Waals surface area contributed by atoms with Crippen molar-refractivity contribution in [1.29, 1.82) is 0 Å². The molecule has 0 radical (unpaired) electrons. The van der Waals surface area contributed by atoms with Gasteiger partial charge in [0.25, 0.3) is 0 Å². The maximum Gasteiger partial charge on any atom is 0.309 e. The van der Waals surface area contributed by atoms with Gasteiger partial charge in [0.1, 0.15) is 0 Å². The molecular formula is C11H16N2O2S. The van der Waals surface area contributed by atoms with Gasteiger partial charge in [-0.25, -0.2) is 4.98 Å². The fourth-order valence-corrected chi connectivity index (χ4v) is 2.56. The van der Waals surface area contributed by atoms with E-state index in [2.05, 4.69) is 17.2 Å². The van der Waals surface area contributed by atoms with Crippen molar-refractivity contribution in [2.75, 3.05) is 5.32 Å². The average Bonchev–Trinajstić information content (AvgIpc) is 2.87. The molecule has 2 N–H and O–H groups in total. The Hall–Kier alpha value is -1.10. The van der Waals surface area contributed by atoms with Gasteiger partial charge in [-0.2, -0.15) is 0 Å². The highest BCUT2D eigenvalue weighted by Crippen LogP contribution is 2.34. The van der Waals surface area contributed by atoms with Crippen LogP contribution in [0.4, 0.5) is 5.13 Å². The van der Waals surface area contributed by atoms with E-state index >= 15 is 0 Å². The quantitative estimate of drug-likeness (QED) is 0.801. The normalized spacial score (nSPS) is 17.1. The van der Waals surface area contributed by atoms with Crippen LogP contribution < -0.4 is 5.32 Å². The molecule has 88 valence electrons. The number of aliphatic carboxylic acids is 1. The molecule has 1 aliphatic rings. The third-order valence-corrected chi connectivity index (χ3v) is 3.46. The van der Waals surface area contributed by atoms with Gasteiger partial charge in [0, 0.05) is 11.4 Å². The summed E-state index contributed by atoms with van der Waals surface area (Å²) < 4.78 is 0. The highest BCUT2D eigenvalue weighted by Gasteiger charge is 2.23. The number of hydrogen-bond donors (Lipinski definition) is 2. The molecule has 1 aromatic heterocycles. The maximum atomic E-state index is 10.5. The minimum absolute atomic E-state index is 0.00911. The first-order chi connectivity index (χ1) is 7.63. The number of rotatable bonds is 6. The van der Waals surface area contributed by atoms with Gasteiger partial charge in [-0.15, -0.1) is 11.3 Å². The van der Waals surface area contributed by atoms with Gasteiger partial charge in [0.15, 0.2) is 5.13 Å². The van der Waals surface area contributed by atoms with Crippen molar-refractivity contribution in [2.24, 2.45) is 5.92 Å². The molecule has 4 nitrogen and oxygen atoms in total. The van der Waals surface area contributed by atoms with Gasteiger partial charge >= 0.3 is 5.97 Å². The highest BCUT2D eigenvalue weighted by molar-refractivity contribution is 7.13. The van der Waals surface area contributed by atoms with E-state index in [-0.39, 0.29) is 6.42 Å². The molecule has 1 heterocycles. The zero-order valence-corrected chi connectivity index (χ0v) is 10.1. The Kier molecular flexibility index (Phi) is 3.43. The molecule has 0 aromatic carbocycles. The molecule has 1 aromatic rings. The zero-order chi connectivity index (χ0) is 11.5. The molecule has 16 heavy (non-hydrogen) atoms. The first-order valence-corrected chi connectivity index (χ1v) is 6.44. The van der Waals surface area contributed by atoms with Crippen LogP contribution >= 0.6 is 11.3 Å². The van der Waals surface area contributed by atoms with Crippen molar-refractivity contribution in [2.45, 2.75) is 38.6 Å². The van der Waals surface area contributed by atoms with Gasteiger partial charge in [0.05, 0.1) is 12.1 Å². The molecule has 2 rings (SSSR count). The summed E-state index contributed by atoms with van der Waals surface area (Å²) in [6, 6.07) is 0.427. The molecule has 1 fully saturated rings. The van der Waals surface area contributed by atoms with Crippen molar-refractivity contribution in [3.8, 4) is 0 Å². The third kappa shape index (κ3) is 3.48. The van der Waals surface area contributed by atoms with E-state index in [1.807, 2.05) is 0 Å². The Morgan fingerprint density at radius 2 is 2.50 bits per heavy atom. The summed E-state index contributed by atoms with van der Waals surface area (Å²) in [6.07, 6.45) is 3.91. The molecular weight excluding hydrogens is 224 g/mol. The van der Waals surface area contributed by atoms with Crippen LogP contribution in [0.25, 0.3) is 0 Å². The van der Waals surface area contributed by atoms with E-state index in [0.717, 1.165) is 11.0 Å². The summed E-state index contributed by atoms with van der Waals surface area (Å²) in [5, 5.41) is 14.6. The molecule has 0 amide bonds.